The predicted molar refractivity (Wildman–Crippen MR) is 99.0 cm³/mol. The van der Waals surface area contributed by atoms with Crippen molar-refractivity contribution >= 4 is 9.30 Å². The monoisotopic (exact) mass is 385 g/mol. The molecule has 3 nitrogen and oxygen atoms in total. The van der Waals surface area contributed by atoms with E-state index in [2.05, 4.69) is 43.9 Å². The SMILES string of the molecule is CC1C(C)C(C)C(C)C1C.CN(CCO)CC(C)(C)O.[CH3-].[Cl][Ti+]. The van der Waals surface area contributed by atoms with Crippen molar-refractivity contribution in [3.8, 4) is 0 Å². The van der Waals surface area contributed by atoms with Gasteiger partial charge in [-0.15, -0.1) is 0 Å². The van der Waals surface area contributed by atoms with E-state index in [-0.39, 0.29) is 14.0 Å². The van der Waals surface area contributed by atoms with Crippen molar-refractivity contribution < 1.29 is 29.6 Å². The molecule has 0 aromatic carbocycles. The number of hydrogen-bond acceptors (Lipinski definition) is 3. The molecule has 0 bridgehead atoms. The summed E-state index contributed by atoms with van der Waals surface area (Å²) in [7, 11) is 6.51. The number of hydrogen-bond donors (Lipinski definition) is 2. The van der Waals surface area contributed by atoms with Gasteiger partial charge in [0.2, 0.25) is 0 Å². The second kappa shape index (κ2) is 14.1. The molecule has 1 saturated carbocycles. The zero-order valence-corrected chi connectivity index (χ0v) is 19.0. The molecule has 0 atom stereocenters. The average molecular weight is 386 g/mol. The molecule has 0 aromatic heterocycles. The second-order valence-electron chi connectivity index (χ2n) is 7.57. The Morgan fingerprint density at radius 3 is 1.35 bits per heavy atom. The van der Waals surface area contributed by atoms with Crippen LogP contribution in [0.1, 0.15) is 48.5 Å². The Labute approximate surface area is 161 Å². The first kappa shape index (κ1) is 28.7. The molecule has 0 amide bonds. The van der Waals surface area contributed by atoms with E-state index in [4.69, 9.17) is 5.11 Å². The Morgan fingerprint density at radius 2 is 1.17 bits per heavy atom. The fourth-order valence-corrected chi connectivity index (χ4v) is 3.30. The van der Waals surface area contributed by atoms with Gasteiger partial charge in [0.05, 0.1) is 12.2 Å². The van der Waals surface area contributed by atoms with Crippen LogP contribution in [0.4, 0.5) is 0 Å². The first-order valence-electron chi connectivity index (χ1n) is 8.22. The van der Waals surface area contributed by atoms with Crippen molar-refractivity contribution in [2.45, 2.75) is 54.1 Å². The molecule has 0 heterocycles. The van der Waals surface area contributed by atoms with Crippen LogP contribution in [0.5, 0.6) is 0 Å². The fourth-order valence-electron chi connectivity index (χ4n) is 3.30. The summed E-state index contributed by atoms with van der Waals surface area (Å²) in [6.45, 7) is 16.8. The summed E-state index contributed by atoms with van der Waals surface area (Å²) in [5.74, 6) is 4.68. The van der Waals surface area contributed by atoms with Gasteiger partial charge in [-0.05, 0) is 50.5 Å². The summed E-state index contributed by atoms with van der Waals surface area (Å²) in [5.41, 5.74) is -0.663. The molecule has 1 aliphatic carbocycles. The van der Waals surface area contributed by atoms with Crippen LogP contribution in [-0.2, 0) is 19.4 Å². The molecule has 0 saturated heterocycles. The molecule has 0 aromatic rings. The third-order valence-electron chi connectivity index (χ3n) is 5.29. The van der Waals surface area contributed by atoms with Crippen molar-refractivity contribution in [3.05, 3.63) is 7.43 Å². The Balaban J connectivity index is -0.000000302. The van der Waals surface area contributed by atoms with E-state index in [1.807, 2.05) is 11.9 Å². The first-order valence-corrected chi connectivity index (χ1v) is 10.4. The second-order valence-corrected chi connectivity index (χ2v) is 7.57. The number of rotatable bonds is 4. The summed E-state index contributed by atoms with van der Waals surface area (Å²) < 4.78 is 0. The quantitative estimate of drug-likeness (QED) is 0.568. The van der Waals surface area contributed by atoms with Gasteiger partial charge in [-0.1, -0.05) is 34.6 Å². The van der Waals surface area contributed by atoms with Crippen LogP contribution in [0.3, 0.4) is 0 Å². The van der Waals surface area contributed by atoms with Crippen LogP contribution in [0.25, 0.3) is 0 Å². The molecule has 0 spiro atoms. The Hall–Kier alpha value is 0.884. The van der Waals surface area contributed by atoms with E-state index < -0.39 is 5.60 Å². The number of nitrogens with zero attached hydrogens (tertiary/aromatic N) is 1. The van der Waals surface area contributed by atoms with Crippen LogP contribution in [0.15, 0.2) is 0 Å². The maximum absolute atomic E-state index is 9.29. The third kappa shape index (κ3) is 12.0. The summed E-state index contributed by atoms with van der Waals surface area (Å²) in [6.07, 6.45) is 0. The standard InChI is InChI=1S/C10H20.C7H17NO2.CH3.ClH.Ti/c1-6-7(2)9(4)10(5)8(6)3;1-7(2,10)6-8(3)4-5-9;;;/h6-10H,1-5H3;9-10H,4-6H2,1-3H3;1H3;1H;/q;;-1;;+2/p-1. The van der Waals surface area contributed by atoms with Crippen molar-refractivity contribution in [2.24, 2.45) is 29.6 Å². The van der Waals surface area contributed by atoms with Crippen LogP contribution in [-0.4, -0.2) is 47.5 Å². The molecule has 1 rings (SSSR count). The van der Waals surface area contributed by atoms with Crippen molar-refractivity contribution in [3.63, 3.8) is 0 Å². The summed E-state index contributed by atoms with van der Waals surface area (Å²) in [5, 5.41) is 17.8. The molecule has 0 radical (unpaired) electrons. The Bertz CT molecular complexity index is 229. The molecule has 2 N–H and O–H groups in total. The molecular weight excluding hydrogens is 346 g/mol. The number of halogens is 1. The number of aliphatic hydroxyl groups is 2. The van der Waals surface area contributed by atoms with Crippen molar-refractivity contribution in [1.82, 2.24) is 4.90 Å². The Morgan fingerprint density at radius 1 is 0.913 bits per heavy atom. The van der Waals surface area contributed by atoms with Gasteiger partial charge in [0.1, 0.15) is 0 Å². The van der Waals surface area contributed by atoms with Crippen LogP contribution in [0.2, 0.25) is 0 Å². The van der Waals surface area contributed by atoms with E-state index >= 15 is 0 Å². The van der Waals surface area contributed by atoms with E-state index in [0.29, 0.717) is 13.1 Å². The molecule has 0 aliphatic heterocycles. The molecule has 1 aliphatic rings. The first-order chi connectivity index (χ1) is 10.0. The summed E-state index contributed by atoms with van der Waals surface area (Å²) >= 11 is 1.47. The fraction of sp³-hybridized carbons (Fsp3) is 0.944. The average Bonchev–Trinajstić information content (AvgIpc) is 2.58. The van der Waals surface area contributed by atoms with Crippen molar-refractivity contribution in [1.29, 1.82) is 0 Å². The minimum absolute atomic E-state index is 0. The predicted octanol–water partition coefficient (Wildman–Crippen LogP) is 4.00. The number of aliphatic hydroxyl groups excluding tert-OH is 1. The van der Waals surface area contributed by atoms with Gasteiger partial charge < -0.3 is 22.5 Å². The van der Waals surface area contributed by atoms with E-state index in [0.717, 1.165) is 29.6 Å². The zero-order valence-electron chi connectivity index (χ0n) is 16.7. The molecule has 140 valence electrons. The molecule has 0 unspecified atom stereocenters. The van der Waals surface area contributed by atoms with Gasteiger partial charge in [0.15, 0.2) is 0 Å². The Kier molecular flexibility index (Phi) is 17.6. The van der Waals surface area contributed by atoms with Gasteiger partial charge in [0.25, 0.3) is 0 Å². The normalized spacial score (nSPS) is 29.8. The van der Waals surface area contributed by atoms with E-state index in [1.165, 1.54) is 19.4 Å². The van der Waals surface area contributed by atoms with Gasteiger partial charge in [-0.25, -0.2) is 0 Å². The van der Waals surface area contributed by atoms with Gasteiger partial charge in [-0.3, -0.25) is 0 Å². The minimum atomic E-state index is -0.663. The van der Waals surface area contributed by atoms with Crippen LogP contribution >= 0.6 is 9.30 Å². The van der Waals surface area contributed by atoms with Gasteiger partial charge >= 0.3 is 28.7 Å². The van der Waals surface area contributed by atoms with Crippen LogP contribution < -0.4 is 0 Å². The third-order valence-corrected chi connectivity index (χ3v) is 5.29. The molecule has 23 heavy (non-hydrogen) atoms. The molecule has 1 fully saturated rings. The molecular formula is C18H40ClNO2Ti. The zero-order chi connectivity index (χ0) is 18.1. The maximum atomic E-state index is 9.29. The topological polar surface area (TPSA) is 43.7 Å². The van der Waals surface area contributed by atoms with Crippen molar-refractivity contribution in [2.75, 3.05) is 26.7 Å². The van der Waals surface area contributed by atoms with Gasteiger partial charge in [0, 0.05) is 13.1 Å². The molecule has 5 heteroatoms. The summed E-state index contributed by atoms with van der Waals surface area (Å²) in [6, 6.07) is 0. The van der Waals surface area contributed by atoms with E-state index in [9.17, 15) is 5.11 Å². The number of likely N-dealkylation sites (N-methyl/N-ethyl adjacent to an activating group) is 1. The van der Waals surface area contributed by atoms with E-state index in [1.54, 1.807) is 13.8 Å². The van der Waals surface area contributed by atoms with Crippen LogP contribution in [0, 0.1) is 37.0 Å². The van der Waals surface area contributed by atoms with Gasteiger partial charge in [-0.2, -0.15) is 0 Å². The summed E-state index contributed by atoms with van der Waals surface area (Å²) in [4.78, 5) is 1.89.